The van der Waals surface area contributed by atoms with E-state index in [9.17, 15) is 9.59 Å². The van der Waals surface area contributed by atoms with Gasteiger partial charge in [-0.1, -0.05) is 30.3 Å². The van der Waals surface area contributed by atoms with E-state index in [-0.39, 0.29) is 19.8 Å². The molecule has 0 bridgehead atoms. The van der Waals surface area contributed by atoms with Crippen LogP contribution in [0.1, 0.15) is 5.56 Å². The van der Waals surface area contributed by atoms with Gasteiger partial charge in [-0.3, -0.25) is 4.79 Å². The molecule has 0 fully saturated rings. The Balaban J connectivity index is 2.12. The monoisotopic (exact) mass is 267 g/mol. The first-order valence-electron chi connectivity index (χ1n) is 5.81. The summed E-state index contributed by atoms with van der Waals surface area (Å²) >= 11 is 0. The standard InChI is InChI=1S/C13H17NO5/c1-17-7-8-18-12(15)9-14-13(16)19-10-11-5-3-2-4-6-11/h2-6H,7-10H2,1H3,(H,14,16). The Morgan fingerprint density at radius 1 is 1.11 bits per heavy atom. The van der Waals surface area contributed by atoms with Gasteiger partial charge in [0.15, 0.2) is 0 Å². The summed E-state index contributed by atoms with van der Waals surface area (Å²) in [4.78, 5) is 22.4. The van der Waals surface area contributed by atoms with Crippen LogP contribution in [0.15, 0.2) is 30.3 Å². The fourth-order valence-corrected chi connectivity index (χ4v) is 1.21. The molecule has 0 spiro atoms. The van der Waals surface area contributed by atoms with Crippen molar-refractivity contribution in [3.8, 4) is 0 Å². The smallest absolute Gasteiger partial charge is 0.407 e. The summed E-state index contributed by atoms with van der Waals surface area (Å²) in [5.41, 5.74) is 0.875. The fourth-order valence-electron chi connectivity index (χ4n) is 1.21. The number of rotatable bonds is 7. The summed E-state index contributed by atoms with van der Waals surface area (Å²) in [6.45, 7) is 0.420. The molecule has 1 N–H and O–H groups in total. The van der Waals surface area contributed by atoms with Gasteiger partial charge in [0.2, 0.25) is 0 Å². The first-order chi connectivity index (χ1) is 9.22. The summed E-state index contributed by atoms with van der Waals surface area (Å²) in [6, 6.07) is 9.26. The Morgan fingerprint density at radius 3 is 2.53 bits per heavy atom. The molecule has 6 nitrogen and oxygen atoms in total. The maximum absolute atomic E-state index is 11.3. The zero-order valence-electron chi connectivity index (χ0n) is 10.8. The lowest BCUT2D eigenvalue weighted by atomic mass is 10.2. The van der Waals surface area contributed by atoms with Crippen LogP contribution in [0.25, 0.3) is 0 Å². The number of benzene rings is 1. The van der Waals surface area contributed by atoms with E-state index in [1.165, 1.54) is 7.11 Å². The molecule has 6 heteroatoms. The van der Waals surface area contributed by atoms with Crippen molar-refractivity contribution in [1.82, 2.24) is 5.32 Å². The van der Waals surface area contributed by atoms with Gasteiger partial charge in [-0.15, -0.1) is 0 Å². The lowest BCUT2D eigenvalue weighted by molar-refractivity contribution is -0.143. The number of ether oxygens (including phenoxy) is 3. The van der Waals surface area contributed by atoms with E-state index in [1.54, 1.807) is 0 Å². The van der Waals surface area contributed by atoms with Gasteiger partial charge in [-0.2, -0.15) is 0 Å². The van der Waals surface area contributed by atoms with Crippen molar-refractivity contribution in [1.29, 1.82) is 0 Å². The number of hydrogen-bond donors (Lipinski definition) is 1. The van der Waals surface area contributed by atoms with Gasteiger partial charge < -0.3 is 19.5 Å². The number of esters is 1. The fraction of sp³-hybridized carbons (Fsp3) is 0.385. The zero-order chi connectivity index (χ0) is 13.9. The molecule has 0 aliphatic heterocycles. The molecule has 0 unspecified atom stereocenters. The van der Waals surface area contributed by atoms with E-state index in [2.05, 4.69) is 5.32 Å². The lowest BCUT2D eigenvalue weighted by Gasteiger charge is -2.07. The average molecular weight is 267 g/mol. The Bertz CT molecular complexity index is 393. The van der Waals surface area contributed by atoms with Crippen molar-refractivity contribution in [3.63, 3.8) is 0 Å². The van der Waals surface area contributed by atoms with Crippen LogP contribution in [0.5, 0.6) is 0 Å². The molecular weight excluding hydrogens is 250 g/mol. The third kappa shape index (κ3) is 7.05. The Morgan fingerprint density at radius 2 is 1.84 bits per heavy atom. The lowest BCUT2D eigenvalue weighted by Crippen LogP contribution is -2.31. The number of amides is 1. The maximum Gasteiger partial charge on any atom is 0.407 e. The van der Waals surface area contributed by atoms with Crippen LogP contribution in [0, 0.1) is 0 Å². The molecule has 1 aromatic rings. The van der Waals surface area contributed by atoms with Crippen molar-refractivity contribution >= 4 is 12.1 Å². The number of nitrogens with one attached hydrogen (secondary N) is 1. The number of carbonyl (C=O) groups excluding carboxylic acids is 2. The molecule has 1 amide bonds. The van der Waals surface area contributed by atoms with Gasteiger partial charge in [-0.05, 0) is 5.56 Å². The Hall–Kier alpha value is -2.08. The van der Waals surface area contributed by atoms with E-state index in [0.29, 0.717) is 6.61 Å². The SMILES string of the molecule is COCCOC(=O)CNC(=O)OCc1ccccc1. The molecule has 104 valence electrons. The van der Waals surface area contributed by atoms with Gasteiger partial charge in [0.1, 0.15) is 19.8 Å². The van der Waals surface area contributed by atoms with Gasteiger partial charge >= 0.3 is 12.1 Å². The van der Waals surface area contributed by atoms with Gasteiger partial charge in [0, 0.05) is 7.11 Å². The number of hydrogen-bond acceptors (Lipinski definition) is 5. The Kier molecular flexibility index (Phi) is 7.04. The minimum Gasteiger partial charge on any atom is -0.462 e. The van der Waals surface area contributed by atoms with Crippen LogP contribution in [-0.4, -0.2) is 38.9 Å². The zero-order valence-corrected chi connectivity index (χ0v) is 10.8. The molecule has 0 atom stereocenters. The first kappa shape index (κ1) is 15.0. The predicted molar refractivity (Wildman–Crippen MR) is 67.5 cm³/mol. The summed E-state index contributed by atoms with van der Waals surface area (Å²) < 4.78 is 14.4. The highest BCUT2D eigenvalue weighted by molar-refractivity contribution is 5.77. The summed E-state index contributed by atoms with van der Waals surface area (Å²) in [5.74, 6) is -0.534. The van der Waals surface area contributed by atoms with Crippen LogP contribution in [0.4, 0.5) is 4.79 Å². The second kappa shape index (κ2) is 8.93. The highest BCUT2D eigenvalue weighted by Crippen LogP contribution is 2.00. The van der Waals surface area contributed by atoms with E-state index in [0.717, 1.165) is 5.56 Å². The van der Waals surface area contributed by atoms with Crippen LogP contribution < -0.4 is 5.32 Å². The summed E-state index contributed by atoms with van der Waals surface area (Å²) in [6.07, 6.45) is -0.660. The largest absolute Gasteiger partial charge is 0.462 e. The average Bonchev–Trinajstić information content (AvgIpc) is 2.44. The minimum atomic E-state index is -0.660. The van der Waals surface area contributed by atoms with E-state index in [4.69, 9.17) is 14.2 Å². The van der Waals surface area contributed by atoms with Gasteiger partial charge in [0.25, 0.3) is 0 Å². The molecule has 0 radical (unpaired) electrons. The quantitative estimate of drug-likeness (QED) is 0.591. The second-order valence-electron chi connectivity index (χ2n) is 3.63. The van der Waals surface area contributed by atoms with E-state index < -0.39 is 12.1 Å². The molecule has 19 heavy (non-hydrogen) atoms. The van der Waals surface area contributed by atoms with Crippen LogP contribution in [0.3, 0.4) is 0 Å². The minimum absolute atomic E-state index is 0.158. The molecule has 0 saturated carbocycles. The molecule has 0 aliphatic carbocycles. The summed E-state index contributed by atoms with van der Waals surface area (Å²) in [5, 5.41) is 2.30. The van der Waals surface area contributed by atoms with Crippen molar-refractivity contribution in [2.75, 3.05) is 26.9 Å². The molecule has 1 aromatic carbocycles. The van der Waals surface area contributed by atoms with Crippen molar-refractivity contribution in [3.05, 3.63) is 35.9 Å². The maximum atomic E-state index is 11.3. The van der Waals surface area contributed by atoms with E-state index in [1.807, 2.05) is 30.3 Å². The normalized spacial score (nSPS) is 9.74. The van der Waals surface area contributed by atoms with Gasteiger partial charge in [-0.25, -0.2) is 4.79 Å². The van der Waals surface area contributed by atoms with Crippen LogP contribution in [0.2, 0.25) is 0 Å². The van der Waals surface area contributed by atoms with Crippen LogP contribution >= 0.6 is 0 Å². The topological polar surface area (TPSA) is 73.9 Å². The second-order valence-corrected chi connectivity index (χ2v) is 3.63. The highest BCUT2D eigenvalue weighted by atomic mass is 16.6. The molecule has 0 aliphatic rings. The third-order valence-electron chi connectivity index (χ3n) is 2.14. The van der Waals surface area contributed by atoms with Crippen molar-refractivity contribution < 1.29 is 23.8 Å². The molecule has 1 rings (SSSR count). The Labute approximate surface area is 111 Å². The third-order valence-corrected chi connectivity index (χ3v) is 2.14. The number of methoxy groups -OCH3 is 1. The number of alkyl carbamates (subject to hydrolysis) is 1. The number of carbonyl (C=O) groups is 2. The molecule has 0 heterocycles. The summed E-state index contributed by atoms with van der Waals surface area (Å²) in [7, 11) is 1.51. The van der Waals surface area contributed by atoms with Crippen molar-refractivity contribution in [2.24, 2.45) is 0 Å². The first-order valence-corrected chi connectivity index (χ1v) is 5.81. The molecule has 0 saturated heterocycles. The highest BCUT2D eigenvalue weighted by Gasteiger charge is 2.07. The molecular formula is C13H17NO5. The molecule has 0 aromatic heterocycles. The van der Waals surface area contributed by atoms with Crippen molar-refractivity contribution in [2.45, 2.75) is 6.61 Å². The predicted octanol–water partition coefficient (Wildman–Crippen LogP) is 1.10. The van der Waals surface area contributed by atoms with E-state index >= 15 is 0 Å². The van der Waals surface area contributed by atoms with Gasteiger partial charge in [0.05, 0.1) is 6.61 Å². The van der Waals surface area contributed by atoms with Crippen LogP contribution in [-0.2, 0) is 25.6 Å².